The van der Waals surface area contributed by atoms with E-state index in [9.17, 15) is 8.78 Å². The highest BCUT2D eigenvalue weighted by Crippen LogP contribution is 2.33. The zero-order valence-corrected chi connectivity index (χ0v) is 13.8. The molecule has 0 aliphatic carbocycles. The number of nitrogens with zero attached hydrogens (tertiary/aromatic N) is 3. The van der Waals surface area contributed by atoms with Gasteiger partial charge in [-0.3, -0.25) is 0 Å². The van der Waals surface area contributed by atoms with Crippen LogP contribution in [0.4, 0.5) is 14.7 Å². The van der Waals surface area contributed by atoms with Gasteiger partial charge in [-0.05, 0) is 43.2 Å². The van der Waals surface area contributed by atoms with Crippen LogP contribution in [-0.2, 0) is 0 Å². The van der Waals surface area contributed by atoms with E-state index in [0.717, 1.165) is 22.9 Å². The summed E-state index contributed by atoms with van der Waals surface area (Å²) in [5, 5.41) is 7.61. The molecule has 0 radical (unpaired) electrons. The Morgan fingerprint density at radius 1 is 1.00 bits per heavy atom. The third-order valence-corrected chi connectivity index (χ3v) is 4.16. The van der Waals surface area contributed by atoms with Crippen LogP contribution in [0.3, 0.4) is 0 Å². The van der Waals surface area contributed by atoms with Crippen LogP contribution in [0.1, 0.15) is 28.6 Å². The summed E-state index contributed by atoms with van der Waals surface area (Å²) >= 11 is 0. The van der Waals surface area contributed by atoms with Crippen molar-refractivity contribution in [1.29, 1.82) is 0 Å². The number of anilines is 1. The van der Waals surface area contributed by atoms with Crippen molar-refractivity contribution in [2.75, 3.05) is 5.32 Å². The molecule has 0 fully saturated rings. The molecule has 0 spiro atoms. The molecule has 1 aliphatic rings. The van der Waals surface area contributed by atoms with Gasteiger partial charge in [-0.25, -0.2) is 13.5 Å². The molecule has 25 heavy (non-hydrogen) atoms. The summed E-state index contributed by atoms with van der Waals surface area (Å²) < 4.78 is 29.1. The van der Waals surface area contributed by atoms with Crippen LogP contribution in [0.2, 0.25) is 0 Å². The Morgan fingerprint density at radius 3 is 2.36 bits per heavy atom. The molecule has 126 valence electrons. The predicted molar refractivity (Wildman–Crippen MR) is 92.0 cm³/mol. The van der Waals surface area contributed by atoms with E-state index in [1.807, 2.05) is 37.3 Å². The molecular formula is C19H16F2N4. The van der Waals surface area contributed by atoms with Crippen molar-refractivity contribution in [3.8, 4) is 0 Å². The minimum atomic E-state index is -0.614. The van der Waals surface area contributed by atoms with Crippen molar-refractivity contribution in [3.63, 3.8) is 0 Å². The lowest BCUT2D eigenvalue weighted by Gasteiger charge is -2.24. The number of nitrogens with one attached hydrogen (secondary N) is 1. The molecule has 3 aromatic rings. The first kappa shape index (κ1) is 15.5. The largest absolute Gasteiger partial charge is 0.324 e. The Kier molecular flexibility index (Phi) is 3.60. The molecule has 1 aliphatic heterocycles. The SMILES string of the molecule is Cc1ccc(C2=C[C@@H](c3cc(F)cc(F)c3)n3nc(C)nc3N2)cc1. The molecule has 0 saturated heterocycles. The Hall–Kier alpha value is -3.02. The van der Waals surface area contributed by atoms with Gasteiger partial charge < -0.3 is 5.32 Å². The van der Waals surface area contributed by atoms with Gasteiger partial charge in [0, 0.05) is 11.8 Å². The fraction of sp³-hybridized carbons (Fsp3) is 0.158. The Labute approximate surface area is 143 Å². The Bertz CT molecular complexity index is 953. The molecule has 2 aromatic carbocycles. The maximum absolute atomic E-state index is 13.7. The van der Waals surface area contributed by atoms with Crippen LogP contribution >= 0.6 is 0 Å². The zero-order chi connectivity index (χ0) is 17.6. The molecule has 0 saturated carbocycles. The van der Waals surface area contributed by atoms with Crippen LogP contribution in [0.25, 0.3) is 5.70 Å². The maximum Gasteiger partial charge on any atom is 0.226 e. The van der Waals surface area contributed by atoms with Crippen LogP contribution in [0.15, 0.2) is 48.5 Å². The minimum absolute atomic E-state index is 0.445. The van der Waals surface area contributed by atoms with Crippen molar-refractivity contribution >= 4 is 11.6 Å². The molecule has 1 atom stereocenters. The smallest absolute Gasteiger partial charge is 0.226 e. The lowest BCUT2D eigenvalue weighted by atomic mass is 10.0. The third-order valence-electron chi connectivity index (χ3n) is 4.16. The lowest BCUT2D eigenvalue weighted by molar-refractivity contribution is 0.560. The van der Waals surface area contributed by atoms with E-state index in [0.29, 0.717) is 17.3 Å². The molecule has 0 unspecified atom stereocenters. The number of halogens is 2. The molecule has 4 nitrogen and oxygen atoms in total. The number of benzene rings is 2. The van der Waals surface area contributed by atoms with Gasteiger partial charge in [0.05, 0.1) is 0 Å². The standard InChI is InChI=1S/C19H16F2N4/c1-11-3-5-13(6-4-11)17-10-18(14-7-15(20)9-16(21)8-14)25-19(23-17)22-12(2)24-25/h3-10,18H,1-2H3,(H,22,23,24)/t18-/m0/s1. The maximum atomic E-state index is 13.7. The van der Waals surface area contributed by atoms with Gasteiger partial charge in [0.25, 0.3) is 0 Å². The number of aryl methyl sites for hydroxylation is 2. The normalized spacial score (nSPS) is 16.2. The number of hydrogen-bond donors (Lipinski definition) is 1. The summed E-state index contributed by atoms with van der Waals surface area (Å²) in [6.45, 7) is 3.80. The molecule has 1 N–H and O–H groups in total. The van der Waals surface area contributed by atoms with Crippen LogP contribution < -0.4 is 5.32 Å². The van der Waals surface area contributed by atoms with Crippen molar-refractivity contribution in [2.24, 2.45) is 0 Å². The molecule has 0 amide bonds. The van der Waals surface area contributed by atoms with E-state index in [1.165, 1.54) is 12.1 Å². The van der Waals surface area contributed by atoms with Crippen molar-refractivity contribution in [1.82, 2.24) is 14.8 Å². The van der Waals surface area contributed by atoms with Crippen LogP contribution in [0, 0.1) is 25.5 Å². The number of fused-ring (bicyclic) bond motifs is 1. The van der Waals surface area contributed by atoms with Gasteiger partial charge in [0.15, 0.2) is 0 Å². The second-order valence-corrected chi connectivity index (χ2v) is 6.15. The van der Waals surface area contributed by atoms with Gasteiger partial charge in [-0.2, -0.15) is 10.1 Å². The second kappa shape index (κ2) is 5.81. The Morgan fingerprint density at radius 2 is 1.68 bits per heavy atom. The van der Waals surface area contributed by atoms with E-state index in [-0.39, 0.29) is 0 Å². The zero-order valence-electron chi connectivity index (χ0n) is 13.8. The number of allylic oxidation sites excluding steroid dienone is 1. The highest BCUT2D eigenvalue weighted by molar-refractivity contribution is 5.77. The lowest BCUT2D eigenvalue weighted by Crippen LogP contribution is -2.20. The quantitative estimate of drug-likeness (QED) is 0.760. The molecule has 2 heterocycles. The monoisotopic (exact) mass is 338 g/mol. The first-order valence-corrected chi connectivity index (χ1v) is 7.94. The van der Waals surface area contributed by atoms with E-state index in [1.54, 1.807) is 11.6 Å². The second-order valence-electron chi connectivity index (χ2n) is 6.15. The van der Waals surface area contributed by atoms with E-state index in [2.05, 4.69) is 15.4 Å². The van der Waals surface area contributed by atoms with Gasteiger partial charge in [0.1, 0.15) is 23.5 Å². The third kappa shape index (κ3) is 2.91. The van der Waals surface area contributed by atoms with E-state index >= 15 is 0 Å². The first-order valence-electron chi connectivity index (χ1n) is 7.94. The van der Waals surface area contributed by atoms with E-state index < -0.39 is 17.7 Å². The molecule has 1 aromatic heterocycles. The first-order chi connectivity index (χ1) is 12.0. The molecule has 6 heteroatoms. The Balaban J connectivity index is 1.85. The summed E-state index contributed by atoms with van der Waals surface area (Å²) in [6.07, 6.45) is 1.90. The summed E-state index contributed by atoms with van der Waals surface area (Å²) in [5.41, 5.74) is 3.44. The average Bonchev–Trinajstić information content (AvgIpc) is 2.93. The van der Waals surface area contributed by atoms with Gasteiger partial charge in [-0.15, -0.1) is 0 Å². The van der Waals surface area contributed by atoms with Gasteiger partial charge >= 0.3 is 0 Å². The molecule has 0 bridgehead atoms. The molecule has 4 rings (SSSR count). The fourth-order valence-corrected chi connectivity index (χ4v) is 2.98. The number of aromatic nitrogens is 3. The molecular weight excluding hydrogens is 322 g/mol. The minimum Gasteiger partial charge on any atom is -0.324 e. The predicted octanol–water partition coefficient (Wildman–Crippen LogP) is 4.23. The van der Waals surface area contributed by atoms with E-state index in [4.69, 9.17) is 0 Å². The average molecular weight is 338 g/mol. The van der Waals surface area contributed by atoms with Crippen molar-refractivity contribution in [2.45, 2.75) is 19.9 Å². The summed E-state index contributed by atoms with van der Waals surface area (Å²) in [6, 6.07) is 11.1. The summed E-state index contributed by atoms with van der Waals surface area (Å²) in [7, 11) is 0. The van der Waals surface area contributed by atoms with Gasteiger partial charge in [-0.1, -0.05) is 29.8 Å². The summed E-state index contributed by atoms with van der Waals surface area (Å²) in [4.78, 5) is 4.38. The summed E-state index contributed by atoms with van der Waals surface area (Å²) in [5.74, 6) is -0.0948. The van der Waals surface area contributed by atoms with Crippen LogP contribution in [-0.4, -0.2) is 14.8 Å². The fourth-order valence-electron chi connectivity index (χ4n) is 2.98. The number of rotatable bonds is 2. The van der Waals surface area contributed by atoms with Crippen LogP contribution in [0.5, 0.6) is 0 Å². The topological polar surface area (TPSA) is 42.7 Å². The number of hydrogen-bond acceptors (Lipinski definition) is 3. The van der Waals surface area contributed by atoms with Crippen molar-refractivity contribution in [3.05, 3.63) is 82.7 Å². The highest BCUT2D eigenvalue weighted by atomic mass is 19.1. The highest BCUT2D eigenvalue weighted by Gasteiger charge is 2.25. The van der Waals surface area contributed by atoms with Crippen molar-refractivity contribution < 1.29 is 8.78 Å². The van der Waals surface area contributed by atoms with Gasteiger partial charge in [0.2, 0.25) is 5.95 Å².